The largest absolute Gasteiger partial charge is 0.314 e. The Balaban J connectivity index is 2.20. The van der Waals surface area contributed by atoms with Crippen molar-refractivity contribution >= 4 is 11.3 Å². The van der Waals surface area contributed by atoms with Gasteiger partial charge >= 0.3 is 0 Å². The summed E-state index contributed by atoms with van der Waals surface area (Å²) in [6, 6.07) is 4.55. The topological polar surface area (TPSA) is 65.3 Å². The second kappa shape index (κ2) is 5.96. The molecule has 0 aliphatic heterocycles. The van der Waals surface area contributed by atoms with Crippen molar-refractivity contribution in [2.75, 3.05) is 6.61 Å². The summed E-state index contributed by atoms with van der Waals surface area (Å²) >= 11 is 1.45. The third-order valence-corrected chi connectivity index (χ3v) is 4.09. The van der Waals surface area contributed by atoms with Crippen molar-refractivity contribution in [3.05, 3.63) is 50.3 Å². The highest BCUT2D eigenvalue weighted by Crippen LogP contribution is 2.30. The van der Waals surface area contributed by atoms with E-state index in [1.807, 2.05) is 13.8 Å². The minimum Gasteiger partial charge on any atom is -0.314 e. The van der Waals surface area contributed by atoms with Crippen LogP contribution in [-0.2, 0) is 11.3 Å². The maximum atomic E-state index is 13.1. The Kier molecular flexibility index (Phi) is 4.29. The number of hydrogen-bond donors (Lipinski definition) is 0. The Hall–Kier alpha value is -2.02. The Labute approximate surface area is 119 Å². The van der Waals surface area contributed by atoms with Crippen LogP contribution < -0.4 is 0 Å². The van der Waals surface area contributed by atoms with Crippen molar-refractivity contribution in [1.29, 1.82) is 0 Å². The molecule has 0 saturated heterocycles. The molecule has 0 bridgehead atoms. The highest BCUT2D eigenvalue weighted by Gasteiger charge is 2.12. The van der Waals surface area contributed by atoms with Crippen molar-refractivity contribution in [1.82, 2.24) is 4.98 Å². The first-order valence-corrected chi connectivity index (χ1v) is 6.79. The SMILES string of the molecule is Cc1cc(F)ccc1-c1nc(C)c(CCO[N+](=O)[O-])s1. The molecule has 0 aliphatic rings. The van der Waals surface area contributed by atoms with E-state index >= 15 is 0 Å². The average molecular weight is 296 g/mol. The molecule has 1 aromatic heterocycles. The van der Waals surface area contributed by atoms with Crippen LogP contribution in [-0.4, -0.2) is 16.7 Å². The summed E-state index contributed by atoms with van der Waals surface area (Å²) in [6.45, 7) is 3.68. The Morgan fingerprint density at radius 2 is 2.20 bits per heavy atom. The zero-order chi connectivity index (χ0) is 14.7. The fourth-order valence-electron chi connectivity index (χ4n) is 1.86. The van der Waals surface area contributed by atoms with Crippen LogP contribution in [0.3, 0.4) is 0 Å². The summed E-state index contributed by atoms with van der Waals surface area (Å²) in [5.74, 6) is -0.279. The Bertz CT molecular complexity index is 643. The molecule has 2 aromatic rings. The summed E-state index contributed by atoms with van der Waals surface area (Å²) in [6.07, 6.45) is 0.435. The highest BCUT2D eigenvalue weighted by atomic mass is 32.1. The van der Waals surface area contributed by atoms with Gasteiger partial charge in [0.1, 0.15) is 17.4 Å². The van der Waals surface area contributed by atoms with E-state index in [2.05, 4.69) is 9.82 Å². The lowest BCUT2D eigenvalue weighted by Gasteiger charge is -2.01. The van der Waals surface area contributed by atoms with E-state index in [0.29, 0.717) is 6.42 Å². The summed E-state index contributed by atoms with van der Waals surface area (Å²) in [5, 5.41) is 10.1. The molecule has 0 fully saturated rings. The Morgan fingerprint density at radius 1 is 1.45 bits per heavy atom. The molecular weight excluding hydrogens is 283 g/mol. The van der Waals surface area contributed by atoms with Crippen molar-refractivity contribution in [3.63, 3.8) is 0 Å². The number of thiazole rings is 1. The van der Waals surface area contributed by atoms with Crippen LogP contribution in [0.5, 0.6) is 0 Å². The molecule has 0 spiro atoms. The van der Waals surface area contributed by atoms with Gasteiger partial charge in [0.05, 0.1) is 5.69 Å². The summed E-state index contributed by atoms with van der Waals surface area (Å²) in [5.41, 5.74) is 2.51. The first-order valence-electron chi connectivity index (χ1n) is 5.97. The van der Waals surface area contributed by atoms with Gasteiger partial charge in [-0.05, 0) is 37.6 Å². The quantitative estimate of drug-likeness (QED) is 0.627. The maximum Gasteiger partial charge on any atom is 0.294 e. The van der Waals surface area contributed by atoms with Gasteiger partial charge in [-0.1, -0.05) is 0 Å². The zero-order valence-corrected chi connectivity index (χ0v) is 11.9. The molecule has 0 atom stereocenters. The van der Waals surface area contributed by atoms with E-state index < -0.39 is 5.09 Å². The van der Waals surface area contributed by atoms with Crippen molar-refractivity contribution in [3.8, 4) is 10.6 Å². The molecule has 7 heteroatoms. The molecule has 0 unspecified atom stereocenters. The zero-order valence-electron chi connectivity index (χ0n) is 11.1. The number of benzene rings is 1. The number of hydrogen-bond acceptors (Lipinski definition) is 5. The minimum absolute atomic E-state index is 0.0118. The molecule has 1 heterocycles. The predicted octanol–water partition coefficient (Wildman–Crippen LogP) is 3.32. The van der Waals surface area contributed by atoms with Gasteiger partial charge in [-0.15, -0.1) is 21.5 Å². The molecule has 0 N–H and O–H groups in total. The van der Waals surface area contributed by atoms with Crippen LogP contribution in [0.2, 0.25) is 0 Å². The molecule has 0 aliphatic carbocycles. The molecule has 0 saturated carbocycles. The van der Waals surface area contributed by atoms with Crippen molar-refractivity contribution < 1.29 is 14.3 Å². The smallest absolute Gasteiger partial charge is 0.294 e. The fourth-order valence-corrected chi connectivity index (χ4v) is 2.99. The number of aromatic nitrogens is 1. The molecule has 0 radical (unpaired) electrons. The summed E-state index contributed by atoms with van der Waals surface area (Å²) < 4.78 is 13.1. The lowest BCUT2D eigenvalue weighted by atomic mass is 10.1. The van der Waals surface area contributed by atoms with E-state index in [1.54, 1.807) is 6.07 Å². The Morgan fingerprint density at radius 3 is 2.85 bits per heavy atom. The lowest BCUT2D eigenvalue weighted by Crippen LogP contribution is -2.04. The molecule has 1 aromatic carbocycles. The third-order valence-electron chi connectivity index (χ3n) is 2.84. The monoisotopic (exact) mass is 296 g/mol. The molecule has 20 heavy (non-hydrogen) atoms. The number of rotatable bonds is 5. The van der Waals surface area contributed by atoms with E-state index in [1.165, 1.54) is 23.5 Å². The minimum atomic E-state index is -0.804. The van der Waals surface area contributed by atoms with E-state index in [4.69, 9.17) is 0 Å². The van der Waals surface area contributed by atoms with E-state index in [9.17, 15) is 14.5 Å². The van der Waals surface area contributed by atoms with Gasteiger partial charge in [0.25, 0.3) is 5.09 Å². The second-order valence-corrected chi connectivity index (χ2v) is 5.38. The van der Waals surface area contributed by atoms with Crippen molar-refractivity contribution in [2.45, 2.75) is 20.3 Å². The van der Waals surface area contributed by atoms with Gasteiger partial charge in [-0.3, -0.25) is 0 Å². The first-order chi connectivity index (χ1) is 9.47. The van der Waals surface area contributed by atoms with Gasteiger partial charge in [-0.2, -0.15) is 0 Å². The molecule has 0 amide bonds. The fraction of sp³-hybridized carbons (Fsp3) is 0.308. The third kappa shape index (κ3) is 3.30. The van der Waals surface area contributed by atoms with Gasteiger partial charge in [0.15, 0.2) is 0 Å². The van der Waals surface area contributed by atoms with Gasteiger partial charge in [0.2, 0.25) is 0 Å². The molecule has 5 nitrogen and oxygen atoms in total. The van der Waals surface area contributed by atoms with Crippen LogP contribution in [0.4, 0.5) is 4.39 Å². The van der Waals surface area contributed by atoms with E-state index in [-0.39, 0.29) is 12.4 Å². The first kappa shape index (κ1) is 14.4. The lowest BCUT2D eigenvalue weighted by molar-refractivity contribution is -0.757. The maximum absolute atomic E-state index is 13.1. The van der Waals surface area contributed by atoms with Gasteiger partial charge < -0.3 is 4.84 Å². The number of aryl methyl sites for hydroxylation is 2. The van der Waals surface area contributed by atoms with E-state index in [0.717, 1.165) is 26.7 Å². The van der Waals surface area contributed by atoms with Crippen LogP contribution in [0, 0.1) is 29.8 Å². The predicted molar refractivity (Wildman–Crippen MR) is 73.6 cm³/mol. The number of nitrogens with zero attached hydrogens (tertiary/aromatic N) is 2. The normalized spacial score (nSPS) is 10.6. The summed E-state index contributed by atoms with van der Waals surface area (Å²) in [7, 11) is 0. The summed E-state index contributed by atoms with van der Waals surface area (Å²) in [4.78, 5) is 19.8. The van der Waals surface area contributed by atoms with Crippen LogP contribution >= 0.6 is 11.3 Å². The molecule has 106 valence electrons. The highest BCUT2D eigenvalue weighted by molar-refractivity contribution is 7.15. The van der Waals surface area contributed by atoms with Gasteiger partial charge in [-0.25, -0.2) is 9.37 Å². The molecular formula is C13H13FN2O3S. The van der Waals surface area contributed by atoms with Crippen LogP contribution in [0.25, 0.3) is 10.6 Å². The van der Waals surface area contributed by atoms with Gasteiger partial charge in [0, 0.05) is 16.9 Å². The average Bonchev–Trinajstić information content (AvgIpc) is 2.70. The number of halogens is 1. The van der Waals surface area contributed by atoms with Crippen molar-refractivity contribution in [2.24, 2.45) is 0 Å². The standard InChI is InChI=1S/C13H13FN2O3S/c1-8-7-10(14)3-4-11(8)13-15-9(2)12(20-13)5-6-19-16(17)18/h3-4,7H,5-6H2,1-2H3. The van der Waals surface area contributed by atoms with Crippen LogP contribution in [0.15, 0.2) is 18.2 Å². The van der Waals surface area contributed by atoms with Crippen LogP contribution in [0.1, 0.15) is 16.1 Å². The molecule has 2 rings (SSSR count). The second-order valence-electron chi connectivity index (χ2n) is 4.29.